The van der Waals surface area contributed by atoms with Crippen molar-refractivity contribution in [1.82, 2.24) is 4.98 Å². The molecule has 0 aliphatic carbocycles. The maximum absolute atomic E-state index is 12.1. The molecule has 21 heavy (non-hydrogen) atoms. The Morgan fingerprint density at radius 2 is 1.95 bits per heavy atom. The highest BCUT2D eigenvalue weighted by Crippen LogP contribution is 2.27. The molecular weight excluding hydrogens is 266 g/mol. The quantitative estimate of drug-likeness (QED) is 0.936. The Morgan fingerprint density at radius 1 is 1.14 bits per heavy atom. The number of hydrogen-bond donors (Lipinski definition) is 1. The summed E-state index contributed by atoms with van der Waals surface area (Å²) < 4.78 is 0. The van der Waals surface area contributed by atoms with Crippen molar-refractivity contribution in [2.45, 2.75) is 12.8 Å². The first-order chi connectivity index (χ1) is 10.2. The molecule has 0 unspecified atom stereocenters. The number of nitrogens with one attached hydrogen (secondary N) is 1. The summed E-state index contributed by atoms with van der Waals surface area (Å²) >= 11 is 0. The van der Waals surface area contributed by atoms with Crippen LogP contribution in [0.25, 0.3) is 0 Å². The average Bonchev–Trinajstić information content (AvgIpc) is 2.51. The first-order valence-electron chi connectivity index (χ1n) is 6.83. The van der Waals surface area contributed by atoms with Gasteiger partial charge in [-0.15, -0.1) is 0 Å². The zero-order valence-corrected chi connectivity index (χ0v) is 11.5. The van der Waals surface area contributed by atoms with Gasteiger partial charge < -0.3 is 10.2 Å². The number of para-hydroxylation sites is 1. The van der Waals surface area contributed by atoms with Gasteiger partial charge in [0.2, 0.25) is 11.8 Å². The van der Waals surface area contributed by atoms with Crippen LogP contribution in [0.5, 0.6) is 0 Å². The topological polar surface area (TPSA) is 62.3 Å². The number of carbonyl (C=O) groups excluding carboxylic acids is 2. The molecule has 0 saturated heterocycles. The van der Waals surface area contributed by atoms with Gasteiger partial charge in [0.25, 0.3) is 0 Å². The Kier molecular flexibility index (Phi) is 3.64. The summed E-state index contributed by atoms with van der Waals surface area (Å²) in [5.41, 5.74) is 1.92. The molecule has 1 N–H and O–H groups in total. The molecule has 0 radical (unpaired) electrons. The third kappa shape index (κ3) is 2.91. The van der Waals surface area contributed by atoms with Crippen LogP contribution >= 0.6 is 0 Å². The van der Waals surface area contributed by atoms with Crippen molar-refractivity contribution in [3.63, 3.8) is 0 Å². The molecule has 1 aromatic heterocycles. The van der Waals surface area contributed by atoms with Gasteiger partial charge in [0, 0.05) is 18.3 Å². The standard InChI is InChI=1S/C16H15N3O2/c20-15(18-14-7-3-4-10-17-14)11-19-13-6-2-1-5-12(13)8-9-16(19)21/h1-7,10H,8-9,11H2,(H,17,18,20). The molecule has 106 valence electrons. The van der Waals surface area contributed by atoms with Crippen LogP contribution in [0.3, 0.4) is 0 Å². The third-order valence-electron chi connectivity index (χ3n) is 3.43. The lowest BCUT2D eigenvalue weighted by Crippen LogP contribution is -2.40. The van der Waals surface area contributed by atoms with E-state index in [4.69, 9.17) is 0 Å². The van der Waals surface area contributed by atoms with Crippen LogP contribution in [-0.4, -0.2) is 23.3 Å². The number of nitrogens with zero attached hydrogens (tertiary/aromatic N) is 2. The summed E-state index contributed by atoms with van der Waals surface area (Å²) in [4.78, 5) is 29.7. The Morgan fingerprint density at radius 3 is 2.76 bits per heavy atom. The number of aromatic nitrogens is 1. The van der Waals surface area contributed by atoms with E-state index in [0.717, 1.165) is 17.7 Å². The summed E-state index contributed by atoms with van der Waals surface area (Å²) in [6, 6.07) is 13.0. The van der Waals surface area contributed by atoms with Crippen molar-refractivity contribution in [2.24, 2.45) is 0 Å². The van der Waals surface area contributed by atoms with E-state index in [-0.39, 0.29) is 18.4 Å². The van der Waals surface area contributed by atoms with E-state index in [1.165, 1.54) is 4.90 Å². The summed E-state index contributed by atoms with van der Waals surface area (Å²) in [5, 5.41) is 2.70. The maximum Gasteiger partial charge on any atom is 0.245 e. The lowest BCUT2D eigenvalue weighted by Gasteiger charge is -2.28. The molecule has 1 aromatic carbocycles. The van der Waals surface area contributed by atoms with Crippen LogP contribution in [-0.2, 0) is 16.0 Å². The van der Waals surface area contributed by atoms with Crippen LogP contribution in [0.15, 0.2) is 48.7 Å². The zero-order valence-electron chi connectivity index (χ0n) is 11.5. The molecule has 3 rings (SSSR count). The van der Waals surface area contributed by atoms with Gasteiger partial charge in [-0.1, -0.05) is 24.3 Å². The van der Waals surface area contributed by atoms with Crippen molar-refractivity contribution in [3.05, 3.63) is 54.2 Å². The molecule has 2 heterocycles. The maximum atomic E-state index is 12.1. The molecule has 0 saturated carbocycles. The number of fused-ring (bicyclic) bond motifs is 1. The molecule has 1 aliphatic rings. The van der Waals surface area contributed by atoms with E-state index in [9.17, 15) is 9.59 Å². The highest BCUT2D eigenvalue weighted by Gasteiger charge is 2.25. The Bertz CT molecular complexity index is 670. The number of hydrogen-bond acceptors (Lipinski definition) is 3. The zero-order chi connectivity index (χ0) is 14.7. The number of aryl methyl sites for hydroxylation is 1. The molecule has 5 nitrogen and oxygen atoms in total. The van der Waals surface area contributed by atoms with Crippen LogP contribution < -0.4 is 10.2 Å². The van der Waals surface area contributed by atoms with Crippen molar-refractivity contribution in [3.8, 4) is 0 Å². The molecule has 0 bridgehead atoms. The first kappa shape index (κ1) is 13.3. The van der Waals surface area contributed by atoms with Gasteiger partial charge in [0.15, 0.2) is 0 Å². The molecular formula is C16H15N3O2. The Labute approximate surface area is 122 Å². The van der Waals surface area contributed by atoms with Gasteiger partial charge in [-0.3, -0.25) is 9.59 Å². The van der Waals surface area contributed by atoms with Crippen LogP contribution in [0.1, 0.15) is 12.0 Å². The number of amides is 2. The number of pyridine rings is 1. The molecule has 2 aromatic rings. The minimum absolute atomic E-state index is 0.00637. The van der Waals surface area contributed by atoms with Gasteiger partial charge in [0.1, 0.15) is 12.4 Å². The number of carbonyl (C=O) groups is 2. The fraction of sp³-hybridized carbons (Fsp3) is 0.188. The predicted molar refractivity (Wildman–Crippen MR) is 80.0 cm³/mol. The van der Waals surface area contributed by atoms with Gasteiger partial charge in [-0.05, 0) is 30.2 Å². The first-order valence-corrected chi connectivity index (χ1v) is 6.83. The average molecular weight is 281 g/mol. The molecule has 1 aliphatic heterocycles. The summed E-state index contributed by atoms with van der Waals surface area (Å²) in [5.74, 6) is 0.212. The second-order valence-electron chi connectivity index (χ2n) is 4.87. The number of anilines is 2. The van der Waals surface area contributed by atoms with Crippen LogP contribution in [0, 0.1) is 0 Å². The minimum Gasteiger partial charge on any atom is -0.309 e. The summed E-state index contributed by atoms with van der Waals surface area (Å²) in [6.07, 6.45) is 2.78. The lowest BCUT2D eigenvalue weighted by molar-refractivity contribution is -0.121. The Hall–Kier alpha value is -2.69. The molecule has 0 atom stereocenters. The fourth-order valence-corrected chi connectivity index (χ4v) is 2.43. The Balaban J connectivity index is 1.75. The van der Waals surface area contributed by atoms with Crippen molar-refractivity contribution in [1.29, 1.82) is 0 Å². The van der Waals surface area contributed by atoms with E-state index < -0.39 is 0 Å². The molecule has 0 spiro atoms. The minimum atomic E-state index is -0.251. The molecule has 5 heteroatoms. The summed E-state index contributed by atoms with van der Waals surface area (Å²) in [7, 11) is 0. The second-order valence-corrected chi connectivity index (χ2v) is 4.87. The second kappa shape index (κ2) is 5.75. The van der Waals surface area contributed by atoms with Crippen molar-refractivity contribution in [2.75, 3.05) is 16.8 Å². The normalized spacial score (nSPS) is 13.7. The van der Waals surface area contributed by atoms with Gasteiger partial charge in [0.05, 0.1) is 0 Å². The SMILES string of the molecule is O=C(CN1C(=O)CCc2ccccc21)Nc1ccccn1. The van der Waals surface area contributed by atoms with Gasteiger partial charge in [-0.25, -0.2) is 4.98 Å². The summed E-state index contributed by atoms with van der Waals surface area (Å²) in [6.45, 7) is 0.00637. The highest BCUT2D eigenvalue weighted by atomic mass is 16.2. The van der Waals surface area contributed by atoms with E-state index in [0.29, 0.717) is 12.2 Å². The van der Waals surface area contributed by atoms with Gasteiger partial charge in [-0.2, -0.15) is 0 Å². The van der Waals surface area contributed by atoms with E-state index in [1.807, 2.05) is 24.3 Å². The highest BCUT2D eigenvalue weighted by molar-refractivity contribution is 6.03. The number of rotatable bonds is 3. The lowest BCUT2D eigenvalue weighted by atomic mass is 10.0. The van der Waals surface area contributed by atoms with Crippen molar-refractivity contribution < 1.29 is 9.59 Å². The predicted octanol–water partition coefficient (Wildman–Crippen LogP) is 2.00. The van der Waals surface area contributed by atoms with Crippen LogP contribution in [0.2, 0.25) is 0 Å². The smallest absolute Gasteiger partial charge is 0.245 e. The van der Waals surface area contributed by atoms with E-state index in [1.54, 1.807) is 24.4 Å². The van der Waals surface area contributed by atoms with Crippen molar-refractivity contribution >= 4 is 23.3 Å². The monoisotopic (exact) mass is 281 g/mol. The molecule has 2 amide bonds. The largest absolute Gasteiger partial charge is 0.309 e. The number of benzene rings is 1. The van der Waals surface area contributed by atoms with Gasteiger partial charge >= 0.3 is 0 Å². The third-order valence-corrected chi connectivity index (χ3v) is 3.43. The molecule has 0 fully saturated rings. The van der Waals surface area contributed by atoms with E-state index >= 15 is 0 Å². The van der Waals surface area contributed by atoms with E-state index in [2.05, 4.69) is 10.3 Å². The van der Waals surface area contributed by atoms with Crippen LogP contribution in [0.4, 0.5) is 11.5 Å². The fourth-order valence-electron chi connectivity index (χ4n) is 2.43.